The number of aliphatic hydroxyl groups is 2. The predicted molar refractivity (Wildman–Crippen MR) is 65.6 cm³/mol. The Kier molecular flexibility index (Phi) is 3.84. The lowest BCUT2D eigenvalue weighted by Crippen LogP contribution is -2.41. The van der Waals surface area contributed by atoms with Gasteiger partial charge in [0, 0.05) is 25.4 Å². The Labute approximate surface area is 102 Å². The molecule has 1 atom stereocenters. The second-order valence-electron chi connectivity index (χ2n) is 5.07. The van der Waals surface area contributed by atoms with Gasteiger partial charge in [-0.1, -0.05) is 19.8 Å². The Morgan fingerprint density at radius 2 is 2.18 bits per heavy atom. The molecule has 2 rings (SSSR count). The third-order valence-electron chi connectivity index (χ3n) is 3.73. The molecule has 0 radical (unpaired) electrons. The van der Waals surface area contributed by atoms with E-state index >= 15 is 0 Å². The summed E-state index contributed by atoms with van der Waals surface area (Å²) < 4.78 is 2.06. The molecule has 1 aliphatic rings. The maximum Gasteiger partial charge on any atom is 0.111 e. The fourth-order valence-electron chi connectivity index (χ4n) is 2.66. The molecule has 0 saturated heterocycles. The van der Waals surface area contributed by atoms with Gasteiger partial charge in [0.05, 0.1) is 11.7 Å². The molecule has 1 unspecified atom stereocenters. The maximum absolute atomic E-state index is 10.3. The van der Waals surface area contributed by atoms with E-state index < -0.39 is 11.7 Å². The van der Waals surface area contributed by atoms with Gasteiger partial charge in [-0.3, -0.25) is 0 Å². The van der Waals surface area contributed by atoms with Gasteiger partial charge in [-0.2, -0.15) is 0 Å². The van der Waals surface area contributed by atoms with Crippen molar-refractivity contribution in [3.05, 3.63) is 18.2 Å². The standard InChI is InChI=1S/C13H22N2O2/c1-2-8-15-9-7-14-12(15)10-11(16)13(17)5-3-4-6-13/h7,9,11,16-17H,2-6,8,10H2,1H3. The number of aliphatic hydroxyl groups excluding tert-OH is 1. The number of rotatable bonds is 5. The first-order valence-electron chi connectivity index (χ1n) is 6.56. The van der Waals surface area contributed by atoms with Crippen LogP contribution in [0.4, 0.5) is 0 Å². The first-order chi connectivity index (χ1) is 8.15. The molecule has 4 nitrogen and oxygen atoms in total. The van der Waals surface area contributed by atoms with Gasteiger partial charge in [0.2, 0.25) is 0 Å². The van der Waals surface area contributed by atoms with Crippen molar-refractivity contribution in [2.24, 2.45) is 0 Å². The zero-order chi connectivity index (χ0) is 12.3. The molecular formula is C13H22N2O2. The quantitative estimate of drug-likeness (QED) is 0.817. The van der Waals surface area contributed by atoms with E-state index in [1.807, 2.05) is 6.20 Å². The Balaban J connectivity index is 2.02. The van der Waals surface area contributed by atoms with Gasteiger partial charge in [-0.05, 0) is 19.3 Å². The molecule has 1 saturated carbocycles. The van der Waals surface area contributed by atoms with E-state index in [2.05, 4.69) is 16.5 Å². The molecule has 0 amide bonds. The van der Waals surface area contributed by atoms with Gasteiger partial charge in [0.1, 0.15) is 5.82 Å². The molecular weight excluding hydrogens is 216 g/mol. The number of nitrogens with zero attached hydrogens (tertiary/aromatic N) is 2. The lowest BCUT2D eigenvalue weighted by molar-refractivity contribution is -0.0699. The molecule has 2 N–H and O–H groups in total. The van der Waals surface area contributed by atoms with E-state index in [4.69, 9.17) is 0 Å². The van der Waals surface area contributed by atoms with Crippen molar-refractivity contribution in [1.29, 1.82) is 0 Å². The van der Waals surface area contributed by atoms with Crippen LogP contribution >= 0.6 is 0 Å². The van der Waals surface area contributed by atoms with Crippen molar-refractivity contribution >= 4 is 0 Å². The number of aryl methyl sites for hydroxylation is 1. The zero-order valence-electron chi connectivity index (χ0n) is 10.5. The summed E-state index contributed by atoms with van der Waals surface area (Å²) >= 11 is 0. The van der Waals surface area contributed by atoms with Gasteiger partial charge in [-0.25, -0.2) is 4.98 Å². The minimum atomic E-state index is -0.886. The molecule has 1 aromatic heterocycles. The monoisotopic (exact) mass is 238 g/mol. The van der Waals surface area contributed by atoms with Gasteiger partial charge < -0.3 is 14.8 Å². The maximum atomic E-state index is 10.3. The number of hydrogen-bond donors (Lipinski definition) is 2. The molecule has 0 aromatic carbocycles. The molecule has 1 fully saturated rings. The van der Waals surface area contributed by atoms with Gasteiger partial charge in [0.25, 0.3) is 0 Å². The van der Waals surface area contributed by atoms with E-state index in [-0.39, 0.29) is 0 Å². The smallest absolute Gasteiger partial charge is 0.111 e. The molecule has 96 valence electrons. The van der Waals surface area contributed by atoms with Crippen LogP contribution in [0.3, 0.4) is 0 Å². The highest BCUT2D eigenvalue weighted by Gasteiger charge is 2.38. The van der Waals surface area contributed by atoms with E-state index in [1.165, 1.54) is 0 Å². The van der Waals surface area contributed by atoms with E-state index in [0.717, 1.165) is 31.6 Å². The summed E-state index contributed by atoms with van der Waals surface area (Å²) in [5, 5.41) is 20.5. The fourth-order valence-corrected chi connectivity index (χ4v) is 2.66. The number of imidazole rings is 1. The normalized spacial score (nSPS) is 20.6. The van der Waals surface area contributed by atoms with Gasteiger partial charge >= 0.3 is 0 Å². The Hall–Kier alpha value is -0.870. The van der Waals surface area contributed by atoms with Crippen molar-refractivity contribution < 1.29 is 10.2 Å². The number of hydrogen-bond acceptors (Lipinski definition) is 3. The lowest BCUT2D eigenvalue weighted by atomic mass is 9.92. The highest BCUT2D eigenvalue weighted by molar-refractivity contribution is 5.00. The summed E-state index contributed by atoms with van der Waals surface area (Å²) in [7, 11) is 0. The first-order valence-corrected chi connectivity index (χ1v) is 6.56. The first kappa shape index (κ1) is 12.6. The third kappa shape index (κ3) is 2.69. The van der Waals surface area contributed by atoms with Gasteiger partial charge in [-0.15, -0.1) is 0 Å². The van der Waals surface area contributed by atoms with Crippen molar-refractivity contribution in [2.75, 3.05) is 0 Å². The van der Waals surface area contributed by atoms with Crippen LogP contribution in [-0.4, -0.2) is 31.5 Å². The summed E-state index contributed by atoms with van der Waals surface area (Å²) in [5.74, 6) is 0.875. The molecule has 0 bridgehead atoms. The minimum Gasteiger partial charge on any atom is -0.390 e. The molecule has 0 aliphatic heterocycles. The van der Waals surface area contributed by atoms with Crippen LogP contribution in [0.5, 0.6) is 0 Å². The zero-order valence-corrected chi connectivity index (χ0v) is 10.5. The average molecular weight is 238 g/mol. The van der Waals surface area contributed by atoms with Crippen LogP contribution in [0.2, 0.25) is 0 Å². The van der Waals surface area contributed by atoms with E-state index in [9.17, 15) is 10.2 Å². The van der Waals surface area contributed by atoms with Crippen molar-refractivity contribution in [3.8, 4) is 0 Å². The summed E-state index contributed by atoms with van der Waals surface area (Å²) in [6.45, 7) is 3.03. The van der Waals surface area contributed by atoms with Crippen molar-refractivity contribution in [1.82, 2.24) is 9.55 Å². The van der Waals surface area contributed by atoms with Crippen LogP contribution in [0.15, 0.2) is 12.4 Å². The molecule has 4 heteroatoms. The van der Waals surface area contributed by atoms with Crippen LogP contribution in [-0.2, 0) is 13.0 Å². The van der Waals surface area contributed by atoms with Gasteiger partial charge in [0.15, 0.2) is 0 Å². The fraction of sp³-hybridized carbons (Fsp3) is 0.769. The SMILES string of the molecule is CCCn1ccnc1CC(O)C1(O)CCCC1. The molecule has 17 heavy (non-hydrogen) atoms. The highest BCUT2D eigenvalue weighted by atomic mass is 16.3. The Morgan fingerprint density at radius 3 is 2.82 bits per heavy atom. The Bertz CT molecular complexity index is 356. The minimum absolute atomic E-state index is 0.448. The molecule has 1 aliphatic carbocycles. The molecule has 0 spiro atoms. The highest BCUT2D eigenvalue weighted by Crippen LogP contribution is 2.33. The van der Waals surface area contributed by atoms with E-state index in [1.54, 1.807) is 6.20 Å². The van der Waals surface area contributed by atoms with E-state index in [0.29, 0.717) is 19.3 Å². The summed E-state index contributed by atoms with van der Waals surface area (Å²) in [5.41, 5.74) is -0.886. The lowest BCUT2D eigenvalue weighted by Gasteiger charge is -2.28. The van der Waals surface area contributed by atoms with Crippen molar-refractivity contribution in [2.45, 2.75) is 63.7 Å². The molecule has 1 heterocycles. The summed E-state index contributed by atoms with van der Waals surface area (Å²) in [6.07, 6.45) is 7.94. The Morgan fingerprint density at radius 1 is 1.47 bits per heavy atom. The van der Waals surface area contributed by atoms with Crippen LogP contribution < -0.4 is 0 Å². The topological polar surface area (TPSA) is 58.3 Å². The second kappa shape index (κ2) is 5.19. The average Bonchev–Trinajstić information content (AvgIpc) is 2.90. The van der Waals surface area contributed by atoms with Crippen LogP contribution in [0, 0.1) is 0 Å². The summed E-state index contributed by atoms with van der Waals surface area (Å²) in [6, 6.07) is 0. The van der Waals surface area contributed by atoms with Crippen LogP contribution in [0.1, 0.15) is 44.9 Å². The number of aromatic nitrogens is 2. The van der Waals surface area contributed by atoms with Crippen LogP contribution in [0.25, 0.3) is 0 Å². The van der Waals surface area contributed by atoms with Crippen molar-refractivity contribution in [3.63, 3.8) is 0 Å². The predicted octanol–water partition coefficient (Wildman–Crippen LogP) is 1.50. The second-order valence-corrected chi connectivity index (χ2v) is 5.07. The third-order valence-corrected chi connectivity index (χ3v) is 3.73. The molecule has 1 aromatic rings. The summed E-state index contributed by atoms with van der Waals surface area (Å²) in [4.78, 5) is 4.27. The largest absolute Gasteiger partial charge is 0.390 e.